The maximum absolute atomic E-state index is 11.1. The van der Waals surface area contributed by atoms with Crippen molar-refractivity contribution in [1.82, 2.24) is 0 Å². The van der Waals surface area contributed by atoms with E-state index in [2.05, 4.69) is 49.5 Å². The Labute approximate surface area is 166 Å². The highest BCUT2D eigenvalue weighted by Gasteiger charge is 2.35. The number of nitro groups is 1. The van der Waals surface area contributed by atoms with Crippen LogP contribution in [0, 0.1) is 10.1 Å². The van der Waals surface area contributed by atoms with Gasteiger partial charge in [0, 0.05) is 23.2 Å². The van der Waals surface area contributed by atoms with E-state index in [0.717, 1.165) is 5.69 Å². The summed E-state index contributed by atoms with van der Waals surface area (Å²) in [5, 5.41) is 14.7. The summed E-state index contributed by atoms with van der Waals surface area (Å²) in [7, 11) is 0. The number of hydrogen-bond acceptors (Lipinski definition) is 3. The van der Waals surface area contributed by atoms with Gasteiger partial charge in [-0.3, -0.25) is 10.1 Å². The molecule has 3 aromatic rings. The van der Waals surface area contributed by atoms with Crippen LogP contribution in [0.2, 0.25) is 10.0 Å². The van der Waals surface area contributed by atoms with E-state index in [1.54, 1.807) is 0 Å². The van der Waals surface area contributed by atoms with E-state index in [0.29, 0.717) is 5.69 Å². The van der Waals surface area contributed by atoms with Crippen LogP contribution in [0.3, 0.4) is 0 Å². The molecule has 27 heavy (non-hydrogen) atoms. The van der Waals surface area contributed by atoms with Crippen LogP contribution in [0.1, 0.15) is 25.0 Å². The molecule has 136 valence electrons. The monoisotopic (exact) mass is 398 g/mol. The van der Waals surface area contributed by atoms with E-state index in [-0.39, 0.29) is 21.1 Å². The quantitative estimate of drug-likeness (QED) is 0.383. The van der Waals surface area contributed by atoms with Gasteiger partial charge in [0.1, 0.15) is 0 Å². The molecule has 0 fully saturated rings. The second kappa shape index (κ2) is 6.25. The van der Waals surface area contributed by atoms with E-state index in [1.165, 1.54) is 34.4 Å². The summed E-state index contributed by atoms with van der Waals surface area (Å²) in [4.78, 5) is 10.6. The summed E-state index contributed by atoms with van der Waals surface area (Å²) >= 11 is 12.3. The largest absolute Gasteiger partial charge is 0.354 e. The summed E-state index contributed by atoms with van der Waals surface area (Å²) in [5.74, 6) is 0. The zero-order valence-electron chi connectivity index (χ0n) is 14.7. The number of nitro benzene ring substituents is 1. The fourth-order valence-corrected chi connectivity index (χ4v) is 4.08. The maximum Gasteiger partial charge on any atom is 0.273 e. The number of rotatable bonds is 3. The first-order valence-electron chi connectivity index (χ1n) is 8.44. The predicted molar refractivity (Wildman–Crippen MR) is 110 cm³/mol. The van der Waals surface area contributed by atoms with E-state index in [4.69, 9.17) is 23.2 Å². The van der Waals surface area contributed by atoms with Gasteiger partial charge in [-0.2, -0.15) is 0 Å². The lowest BCUT2D eigenvalue weighted by Crippen LogP contribution is -2.15. The van der Waals surface area contributed by atoms with E-state index in [1.807, 2.05) is 12.1 Å². The molecule has 1 aliphatic rings. The van der Waals surface area contributed by atoms with Gasteiger partial charge in [0.15, 0.2) is 0 Å². The first-order valence-corrected chi connectivity index (χ1v) is 9.19. The number of nitrogens with one attached hydrogen (secondary N) is 1. The van der Waals surface area contributed by atoms with Crippen molar-refractivity contribution in [2.24, 2.45) is 0 Å². The van der Waals surface area contributed by atoms with Gasteiger partial charge >= 0.3 is 0 Å². The summed E-state index contributed by atoms with van der Waals surface area (Å²) in [6.45, 7) is 4.39. The molecule has 0 aromatic heterocycles. The zero-order valence-corrected chi connectivity index (χ0v) is 16.2. The Bertz CT molecular complexity index is 1090. The van der Waals surface area contributed by atoms with Crippen LogP contribution in [-0.4, -0.2) is 4.92 Å². The lowest BCUT2D eigenvalue weighted by Gasteiger charge is -2.22. The van der Waals surface area contributed by atoms with Crippen molar-refractivity contribution in [3.05, 3.63) is 85.9 Å². The molecule has 3 aromatic carbocycles. The van der Waals surface area contributed by atoms with Crippen molar-refractivity contribution in [2.75, 3.05) is 5.32 Å². The molecule has 1 N–H and O–H groups in total. The van der Waals surface area contributed by atoms with Gasteiger partial charge < -0.3 is 5.32 Å². The molecule has 0 atom stereocenters. The smallest absolute Gasteiger partial charge is 0.273 e. The molecule has 0 aliphatic heterocycles. The average Bonchev–Trinajstić information content (AvgIpc) is 2.86. The summed E-state index contributed by atoms with van der Waals surface area (Å²) in [6.07, 6.45) is 0. The molecular formula is C21H16Cl2N2O2. The topological polar surface area (TPSA) is 55.2 Å². The van der Waals surface area contributed by atoms with Crippen LogP contribution in [0.15, 0.2) is 54.6 Å². The molecule has 0 heterocycles. The average molecular weight is 399 g/mol. The van der Waals surface area contributed by atoms with Crippen LogP contribution < -0.4 is 5.32 Å². The highest BCUT2D eigenvalue weighted by atomic mass is 35.5. The summed E-state index contributed by atoms with van der Waals surface area (Å²) < 4.78 is 0. The molecule has 0 unspecified atom stereocenters. The molecule has 0 saturated heterocycles. The Morgan fingerprint density at radius 3 is 2.41 bits per heavy atom. The molecule has 0 bridgehead atoms. The molecule has 4 rings (SSSR count). The van der Waals surface area contributed by atoms with Gasteiger partial charge in [-0.25, -0.2) is 0 Å². The van der Waals surface area contributed by atoms with Gasteiger partial charge in [-0.05, 0) is 34.4 Å². The van der Waals surface area contributed by atoms with Gasteiger partial charge in [0.05, 0.1) is 20.7 Å². The third-order valence-electron chi connectivity index (χ3n) is 5.09. The number of fused-ring (bicyclic) bond motifs is 3. The Morgan fingerprint density at radius 2 is 1.67 bits per heavy atom. The standard InChI is InChI=1S/C21H16Cl2N2O2/c1-21(2)16-6-4-3-5-14(16)15-8-7-12(9-17(15)21)24-19-11-13(25(26)27)10-18(22)20(19)23/h3-11,24H,1-2H3. The summed E-state index contributed by atoms with van der Waals surface area (Å²) in [6, 6.07) is 17.1. The fraction of sp³-hybridized carbons (Fsp3) is 0.143. The van der Waals surface area contributed by atoms with Crippen LogP contribution >= 0.6 is 23.2 Å². The molecule has 0 spiro atoms. The lowest BCUT2D eigenvalue weighted by molar-refractivity contribution is -0.384. The Balaban J connectivity index is 1.77. The Morgan fingerprint density at radius 1 is 0.963 bits per heavy atom. The number of hydrogen-bond donors (Lipinski definition) is 1. The number of non-ortho nitro benzene ring substituents is 1. The normalized spacial score (nSPS) is 13.8. The van der Waals surface area contributed by atoms with Crippen molar-refractivity contribution < 1.29 is 4.92 Å². The molecule has 0 saturated carbocycles. The third-order valence-corrected chi connectivity index (χ3v) is 5.89. The molecular weight excluding hydrogens is 383 g/mol. The van der Waals surface area contributed by atoms with Crippen molar-refractivity contribution >= 4 is 40.3 Å². The van der Waals surface area contributed by atoms with E-state index >= 15 is 0 Å². The second-order valence-electron chi connectivity index (χ2n) is 7.10. The number of anilines is 2. The van der Waals surface area contributed by atoms with Crippen LogP contribution in [-0.2, 0) is 5.41 Å². The minimum atomic E-state index is -0.490. The highest BCUT2D eigenvalue weighted by Crippen LogP contribution is 2.49. The minimum absolute atomic E-state index is 0.110. The van der Waals surface area contributed by atoms with Crippen molar-refractivity contribution in [2.45, 2.75) is 19.3 Å². The van der Waals surface area contributed by atoms with Crippen molar-refractivity contribution in [1.29, 1.82) is 0 Å². The molecule has 0 amide bonds. The van der Waals surface area contributed by atoms with Crippen LogP contribution in [0.4, 0.5) is 17.1 Å². The zero-order chi connectivity index (χ0) is 19.3. The van der Waals surface area contributed by atoms with Gasteiger partial charge in [0.2, 0.25) is 0 Å². The molecule has 4 nitrogen and oxygen atoms in total. The van der Waals surface area contributed by atoms with Gasteiger partial charge in [-0.15, -0.1) is 0 Å². The van der Waals surface area contributed by atoms with Gasteiger partial charge in [0.25, 0.3) is 5.69 Å². The maximum atomic E-state index is 11.1. The Kier molecular flexibility index (Phi) is 4.13. The number of benzene rings is 3. The van der Waals surface area contributed by atoms with Gasteiger partial charge in [-0.1, -0.05) is 67.4 Å². The van der Waals surface area contributed by atoms with Crippen LogP contribution in [0.5, 0.6) is 0 Å². The Hall–Kier alpha value is -2.56. The van der Waals surface area contributed by atoms with E-state index < -0.39 is 4.92 Å². The van der Waals surface area contributed by atoms with Crippen molar-refractivity contribution in [3.8, 4) is 11.1 Å². The fourth-order valence-electron chi connectivity index (χ4n) is 3.71. The SMILES string of the molecule is CC1(C)c2ccccc2-c2ccc(Nc3cc([N+](=O)[O-])cc(Cl)c3Cl)cc21. The molecule has 6 heteroatoms. The lowest BCUT2D eigenvalue weighted by atomic mass is 9.82. The van der Waals surface area contributed by atoms with Crippen molar-refractivity contribution in [3.63, 3.8) is 0 Å². The van der Waals surface area contributed by atoms with Crippen LogP contribution in [0.25, 0.3) is 11.1 Å². The summed E-state index contributed by atoms with van der Waals surface area (Å²) in [5.41, 5.74) is 5.88. The first kappa shape index (κ1) is 17.8. The highest BCUT2D eigenvalue weighted by molar-refractivity contribution is 6.44. The first-order chi connectivity index (χ1) is 12.8. The number of halogens is 2. The van der Waals surface area contributed by atoms with E-state index in [9.17, 15) is 10.1 Å². The third kappa shape index (κ3) is 2.85. The predicted octanol–water partition coefficient (Wildman–Crippen LogP) is 6.95. The molecule has 1 aliphatic carbocycles. The molecule has 0 radical (unpaired) electrons. The minimum Gasteiger partial charge on any atom is -0.354 e. The number of nitrogens with zero attached hydrogens (tertiary/aromatic N) is 1. The second-order valence-corrected chi connectivity index (χ2v) is 7.89.